The second kappa shape index (κ2) is 5.96. The van der Waals surface area contributed by atoms with Crippen molar-refractivity contribution in [2.75, 3.05) is 12.5 Å². The summed E-state index contributed by atoms with van der Waals surface area (Å²) in [6.45, 7) is 0. The number of methoxy groups -OCH3 is 1. The lowest BCUT2D eigenvalue weighted by atomic mass is 10.2. The van der Waals surface area contributed by atoms with E-state index in [9.17, 15) is 0 Å². The third kappa shape index (κ3) is 2.52. The van der Waals surface area contributed by atoms with Gasteiger partial charge in [0.05, 0.1) is 13.3 Å². The number of nitrogens with one attached hydrogen (secondary N) is 1. The molecule has 0 radical (unpaired) electrons. The molecule has 24 heavy (non-hydrogen) atoms. The molecule has 0 bridgehead atoms. The predicted octanol–water partition coefficient (Wildman–Crippen LogP) is 2.73. The molecule has 0 unspecified atom stereocenters. The van der Waals surface area contributed by atoms with Crippen molar-refractivity contribution < 1.29 is 4.74 Å². The molecule has 7 heteroatoms. The predicted molar refractivity (Wildman–Crippen MR) is 92.5 cm³/mol. The van der Waals surface area contributed by atoms with Gasteiger partial charge in [0.15, 0.2) is 11.5 Å². The molecule has 118 valence electrons. The van der Waals surface area contributed by atoms with Gasteiger partial charge in [-0.05, 0) is 17.7 Å². The van der Waals surface area contributed by atoms with Crippen LogP contribution in [0.5, 0.6) is 5.75 Å². The average molecular weight is 318 g/mol. The normalized spacial score (nSPS) is 11.4. The molecule has 0 spiro atoms. The number of ether oxygens (including phenoxy) is 1. The number of rotatable bonds is 4. The van der Waals surface area contributed by atoms with Gasteiger partial charge >= 0.3 is 0 Å². The van der Waals surface area contributed by atoms with Gasteiger partial charge in [-0.2, -0.15) is 9.62 Å². The number of hydrogen-bond acceptors (Lipinski definition) is 6. The fourth-order valence-corrected chi connectivity index (χ4v) is 2.50. The van der Waals surface area contributed by atoms with E-state index in [4.69, 9.17) is 4.74 Å². The van der Waals surface area contributed by atoms with Crippen LogP contribution >= 0.6 is 0 Å². The summed E-state index contributed by atoms with van der Waals surface area (Å²) in [4.78, 5) is 0. The van der Waals surface area contributed by atoms with Crippen LogP contribution < -0.4 is 10.2 Å². The van der Waals surface area contributed by atoms with Crippen molar-refractivity contribution in [3.63, 3.8) is 0 Å². The highest BCUT2D eigenvalue weighted by Crippen LogP contribution is 2.23. The lowest BCUT2D eigenvalue weighted by Gasteiger charge is -2.06. The topological polar surface area (TPSA) is 76.7 Å². The van der Waals surface area contributed by atoms with E-state index < -0.39 is 0 Å². The fourth-order valence-electron chi connectivity index (χ4n) is 2.50. The SMILES string of the molecule is COc1cccc(/C=N\Nc2nn3cnnc3c3ccccc23)c1. The fraction of sp³-hybridized carbons (Fsp3) is 0.0588. The molecule has 0 fully saturated rings. The maximum Gasteiger partial charge on any atom is 0.185 e. The molecule has 0 aliphatic carbocycles. The van der Waals surface area contributed by atoms with E-state index in [1.165, 1.54) is 0 Å². The molecule has 0 atom stereocenters. The summed E-state index contributed by atoms with van der Waals surface area (Å²) in [5, 5.41) is 18.7. The largest absolute Gasteiger partial charge is 0.497 e. The van der Waals surface area contributed by atoms with E-state index in [1.54, 1.807) is 24.2 Å². The molecule has 2 aromatic heterocycles. The minimum atomic E-state index is 0.636. The third-order valence-electron chi connectivity index (χ3n) is 3.64. The number of aromatic nitrogens is 4. The van der Waals surface area contributed by atoms with Crippen LogP contribution in [0.25, 0.3) is 16.4 Å². The Balaban J connectivity index is 1.69. The van der Waals surface area contributed by atoms with Crippen LogP contribution in [0.2, 0.25) is 0 Å². The third-order valence-corrected chi connectivity index (χ3v) is 3.64. The van der Waals surface area contributed by atoms with Crippen LogP contribution in [0, 0.1) is 0 Å². The molecule has 7 nitrogen and oxygen atoms in total. The van der Waals surface area contributed by atoms with Crippen molar-refractivity contribution in [3.05, 3.63) is 60.4 Å². The van der Waals surface area contributed by atoms with Crippen LogP contribution in [0.3, 0.4) is 0 Å². The van der Waals surface area contributed by atoms with Gasteiger partial charge < -0.3 is 4.74 Å². The smallest absolute Gasteiger partial charge is 0.185 e. The molecule has 0 aliphatic rings. The first kappa shape index (κ1) is 14.1. The molecule has 4 aromatic rings. The first-order valence-corrected chi connectivity index (χ1v) is 7.37. The van der Waals surface area contributed by atoms with Gasteiger partial charge in [-0.25, -0.2) is 0 Å². The second-order valence-electron chi connectivity index (χ2n) is 5.14. The van der Waals surface area contributed by atoms with Crippen molar-refractivity contribution in [3.8, 4) is 5.75 Å². The molecular weight excluding hydrogens is 304 g/mol. The summed E-state index contributed by atoms with van der Waals surface area (Å²) in [6.07, 6.45) is 3.29. The van der Waals surface area contributed by atoms with Crippen LogP contribution in [0.1, 0.15) is 5.56 Å². The van der Waals surface area contributed by atoms with Crippen molar-refractivity contribution in [2.24, 2.45) is 5.10 Å². The Hall–Kier alpha value is -3.48. The van der Waals surface area contributed by atoms with Crippen LogP contribution in [0.15, 0.2) is 60.0 Å². The van der Waals surface area contributed by atoms with E-state index >= 15 is 0 Å². The standard InChI is InChI=1S/C17H14N6O/c1-24-13-6-4-5-12(9-13)10-18-20-16-14-7-2-3-8-15(14)17-21-19-11-23(17)22-16/h2-11H,1H3,(H,20,22)/b18-10-. The van der Waals surface area contributed by atoms with Gasteiger partial charge in [-0.15, -0.1) is 15.3 Å². The van der Waals surface area contributed by atoms with Crippen LogP contribution in [-0.2, 0) is 0 Å². The van der Waals surface area contributed by atoms with E-state index in [0.29, 0.717) is 11.5 Å². The number of hydrogen-bond donors (Lipinski definition) is 1. The summed E-state index contributed by atoms with van der Waals surface area (Å²) in [6, 6.07) is 15.5. The van der Waals surface area contributed by atoms with Gasteiger partial charge in [0, 0.05) is 10.8 Å². The Morgan fingerprint density at radius 3 is 2.88 bits per heavy atom. The molecule has 0 amide bonds. The molecular formula is C17H14N6O. The average Bonchev–Trinajstić information content (AvgIpc) is 3.11. The summed E-state index contributed by atoms with van der Waals surface area (Å²) in [5.41, 5.74) is 4.64. The highest BCUT2D eigenvalue weighted by atomic mass is 16.5. The van der Waals surface area contributed by atoms with Gasteiger partial charge in [-0.3, -0.25) is 5.43 Å². The summed E-state index contributed by atoms with van der Waals surface area (Å²) < 4.78 is 6.84. The van der Waals surface area contributed by atoms with Crippen LogP contribution in [0.4, 0.5) is 5.82 Å². The zero-order valence-electron chi connectivity index (χ0n) is 12.9. The lowest BCUT2D eigenvalue weighted by Crippen LogP contribution is -2.00. The minimum Gasteiger partial charge on any atom is -0.497 e. The Kier molecular flexibility index (Phi) is 3.51. The quantitative estimate of drug-likeness (QED) is 0.462. The highest BCUT2D eigenvalue weighted by Gasteiger charge is 2.08. The minimum absolute atomic E-state index is 0.636. The summed E-state index contributed by atoms with van der Waals surface area (Å²) in [7, 11) is 1.64. The zero-order chi connectivity index (χ0) is 16.4. The first-order valence-electron chi connectivity index (χ1n) is 7.37. The number of hydrazone groups is 1. The molecule has 2 aromatic carbocycles. The summed E-state index contributed by atoms with van der Waals surface area (Å²) >= 11 is 0. The molecule has 1 N–H and O–H groups in total. The monoisotopic (exact) mass is 318 g/mol. The van der Waals surface area contributed by atoms with Crippen molar-refractivity contribution in [1.82, 2.24) is 19.8 Å². The maximum atomic E-state index is 5.20. The van der Waals surface area contributed by atoms with Gasteiger partial charge in [0.25, 0.3) is 0 Å². The number of nitrogens with zero attached hydrogens (tertiary/aromatic N) is 5. The maximum absolute atomic E-state index is 5.20. The number of fused-ring (bicyclic) bond motifs is 3. The molecule has 2 heterocycles. The van der Waals surface area contributed by atoms with Crippen LogP contribution in [-0.4, -0.2) is 33.1 Å². The Morgan fingerprint density at radius 1 is 1.12 bits per heavy atom. The van der Waals surface area contributed by atoms with E-state index in [-0.39, 0.29) is 0 Å². The highest BCUT2D eigenvalue weighted by molar-refractivity contribution is 5.99. The molecule has 0 saturated carbocycles. The van der Waals surface area contributed by atoms with Crippen molar-refractivity contribution in [1.29, 1.82) is 0 Å². The van der Waals surface area contributed by atoms with Gasteiger partial charge in [0.1, 0.15) is 12.1 Å². The molecule has 0 aliphatic heterocycles. The first-order chi connectivity index (χ1) is 11.8. The second-order valence-corrected chi connectivity index (χ2v) is 5.14. The van der Waals surface area contributed by atoms with Crippen molar-refractivity contribution in [2.45, 2.75) is 0 Å². The summed E-state index contributed by atoms with van der Waals surface area (Å²) in [5.74, 6) is 1.42. The van der Waals surface area contributed by atoms with E-state index in [1.807, 2.05) is 48.5 Å². The van der Waals surface area contributed by atoms with Gasteiger partial charge in [-0.1, -0.05) is 36.4 Å². The Labute approximate surface area is 137 Å². The molecule has 4 rings (SSSR count). The van der Waals surface area contributed by atoms with Crippen molar-refractivity contribution >= 4 is 28.5 Å². The van der Waals surface area contributed by atoms with Gasteiger partial charge in [0.2, 0.25) is 0 Å². The molecule has 0 saturated heterocycles. The number of benzene rings is 2. The van der Waals surface area contributed by atoms with E-state index in [0.717, 1.165) is 22.1 Å². The Morgan fingerprint density at radius 2 is 2.00 bits per heavy atom. The number of anilines is 1. The van der Waals surface area contributed by atoms with E-state index in [2.05, 4.69) is 25.8 Å². The Bertz CT molecular complexity index is 1040. The zero-order valence-corrected chi connectivity index (χ0v) is 12.9. The lowest BCUT2D eigenvalue weighted by molar-refractivity contribution is 0.415.